The maximum Gasteiger partial charge on any atom is 0.226 e. The number of nitrogens with one attached hydrogen (secondary N) is 1. The summed E-state index contributed by atoms with van der Waals surface area (Å²) in [5.74, 6) is 1.44. The third-order valence-corrected chi connectivity index (χ3v) is 3.68. The van der Waals surface area contributed by atoms with E-state index >= 15 is 0 Å². The molecule has 0 radical (unpaired) electrons. The van der Waals surface area contributed by atoms with Crippen LogP contribution in [0.25, 0.3) is 11.5 Å². The largest absolute Gasteiger partial charge is 0.444 e. The number of hydrogen-bond acceptors (Lipinski definition) is 3. The van der Waals surface area contributed by atoms with Crippen molar-refractivity contribution in [3.63, 3.8) is 0 Å². The van der Waals surface area contributed by atoms with Crippen molar-refractivity contribution in [2.75, 3.05) is 14.1 Å². The molecule has 0 unspecified atom stereocenters. The van der Waals surface area contributed by atoms with Gasteiger partial charge in [0.25, 0.3) is 0 Å². The molecule has 5 heteroatoms. The molecule has 1 aromatic heterocycles. The summed E-state index contributed by atoms with van der Waals surface area (Å²) in [6.07, 6.45) is 1.68. The van der Waals surface area contributed by atoms with Crippen LogP contribution in [0, 0.1) is 0 Å². The fraction of sp³-hybridized carbons (Fsp3) is 0.200. The number of oxazole rings is 1. The molecular formula is C20H22N4O. The minimum Gasteiger partial charge on any atom is -0.444 e. The van der Waals surface area contributed by atoms with Crippen LogP contribution in [0.5, 0.6) is 0 Å². The first-order chi connectivity index (χ1) is 12.2. The van der Waals surface area contributed by atoms with Crippen LogP contribution in [0.2, 0.25) is 0 Å². The minimum absolute atomic E-state index is 0.558. The Morgan fingerprint density at radius 2 is 1.72 bits per heavy atom. The lowest BCUT2D eigenvalue weighted by molar-refractivity contribution is 0.566. The molecule has 5 nitrogen and oxygen atoms in total. The molecule has 3 aromatic rings. The fourth-order valence-corrected chi connectivity index (χ4v) is 2.38. The van der Waals surface area contributed by atoms with E-state index in [1.807, 2.05) is 67.5 Å². The predicted octanol–water partition coefficient (Wildman–Crippen LogP) is 3.55. The fourth-order valence-electron chi connectivity index (χ4n) is 2.38. The Kier molecular flexibility index (Phi) is 5.46. The molecule has 0 saturated heterocycles. The number of aliphatic imine (C=N–C) groups is 1. The van der Waals surface area contributed by atoms with Gasteiger partial charge in [-0.25, -0.2) is 9.98 Å². The first-order valence-corrected chi connectivity index (χ1v) is 8.22. The van der Waals surface area contributed by atoms with Crippen molar-refractivity contribution in [3.8, 4) is 11.5 Å². The Morgan fingerprint density at radius 1 is 1.04 bits per heavy atom. The van der Waals surface area contributed by atoms with Gasteiger partial charge in [0, 0.05) is 19.7 Å². The monoisotopic (exact) mass is 334 g/mol. The van der Waals surface area contributed by atoms with E-state index in [0.717, 1.165) is 17.2 Å². The van der Waals surface area contributed by atoms with Crippen molar-refractivity contribution in [1.29, 1.82) is 0 Å². The van der Waals surface area contributed by atoms with Crippen LogP contribution < -0.4 is 5.32 Å². The van der Waals surface area contributed by atoms with Crippen molar-refractivity contribution >= 4 is 5.96 Å². The molecule has 0 fully saturated rings. The molecule has 0 amide bonds. The summed E-state index contributed by atoms with van der Waals surface area (Å²) < 4.78 is 5.57. The highest BCUT2D eigenvalue weighted by molar-refractivity contribution is 5.79. The zero-order chi connectivity index (χ0) is 17.5. The van der Waals surface area contributed by atoms with Crippen LogP contribution in [0.4, 0.5) is 0 Å². The second-order valence-electron chi connectivity index (χ2n) is 5.88. The lowest BCUT2D eigenvalue weighted by atomic mass is 10.2. The van der Waals surface area contributed by atoms with Gasteiger partial charge in [-0.15, -0.1) is 0 Å². The molecule has 128 valence electrons. The molecule has 0 aliphatic rings. The van der Waals surface area contributed by atoms with E-state index in [1.165, 1.54) is 5.56 Å². The molecule has 0 bridgehead atoms. The molecule has 0 spiro atoms. The lowest BCUT2D eigenvalue weighted by Crippen LogP contribution is -2.36. The summed E-state index contributed by atoms with van der Waals surface area (Å²) >= 11 is 0. The van der Waals surface area contributed by atoms with Crippen molar-refractivity contribution in [1.82, 2.24) is 15.2 Å². The van der Waals surface area contributed by atoms with E-state index < -0.39 is 0 Å². The third kappa shape index (κ3) is 4.70. The first-order valence-electron chi connectivity index (χ1n) is 8.22. The molecule has 1 N–H and O–H groups in total. The third-order valence-electron chi connectivity index (χ3n) is 3.68. The lowest BCUT2D eigenvalue weighted by Gasteiger charge is -2.17. The Hall–Kier alpha value is -3.08. The SMILES string of the molecule is CN(C)C(=NCc1ccccc1)NCc1coc(-c2ccccc2)n1. The zero-order valence-corrected chi connectivity index (χ0v) is 14.5. The van der Waals surface area contributed by atoms with E-state index in [2.05, 4.69) is 27.4 Å². The number of rotatable bonds is 5. The van der Waals surface area contributed by atoms with Gasteiger partial charge in [-0.1, -0.05) is 48.5 Å². The Morgan fingerprint density at radius 3 is 2.40 bits per heavy atom. The second kappa shape index (κ2) is 8.15. The highest BCUT2D eigenvalue weighted by Gasteiger charge is 2.08. The number of guanidine groups is 1. The topological polar surface area (TPSA) is 53.7 Å². The van der Waals surface area contributed by atoms with E-state index in [0.29, 0.717) is 19.0 Å². The first kappa shape index (κ1) is 16.8. The number of nitrogens with zero attached hydrogens (tertiary/aromatic N) is 3. The van der Waals surface area contributed by atoms with Gasteiger partial charge in [0.05, 0.1) is 18.8 Å². The highest BCUT2D eigenvalue weighted by Crippen LogP contribution is 2.17. The van der Waals surface area contributed by atoms with Crippen LogP contribution in [-0.2, 0) is 13.1 Å². The molecule has 2 aromatic carbocycles. The van der Waals surface area contributed by atoms with Crippen LogP contribution in [0.3, 0.4) is 0 Å². The van der Waals surface area contributed by atoms with Gasteiger partial charge in [0.15, 0.2) is 5.96 Å². The van der Waals surface area contributed by atoms with Crippen molar-refractivity contribution in [2.24, 2.45) is 4.99 Å². The average Bonchev–Trinajstić information content (AvgIpc) is 3.12. The summed E-state index contributed by atoms with van der Waals surface area (Å²) in [4.78, 5) is 11.1. The van der Waals surface area contributed by atoms with Gasteiger partial charge in [0.2, 0.25) is 5.89 Å². The van der Waals surface area contributed by atoms with Crippen molar-refractivity contribution in [3.05, 3.63) is 78.2 Å². The van der Waals surface area contributed by atoms with E-state index in [1.54, 1.807) is 6.26 Å². The highest BCUT2D eigenvalue weighted by atomic mass is 16.3. The molecule has 3 rings (SSSR count). The molecule has 0 aliphatic carbocycles. The minimum atomic E-state index is 0.558. The van der Waals surface area contributed by atoms with Crippen LogP contribution in [0.15, 0.2) is 76.3 Å². The van der Waals surface area contributed by atoms with Gasteiger partial charge in [0.1, 0.15) is 6.26 Å². The van der Waals surface area contributed by atoms with Crippen LogP contribution in [-0.4, -0.2) is 29.9 Å². The molecule has 25 heavy (non-hydrogen) atoms. The number of aromatic nitrogens is 1. The van der Waals surface area contributed by atoms with Gasteiger partial charge >= 0.3 is 0 Å². The Bertz CT molecular complexity index is 810. The number of hydrogen-bond donors (Lipinski definition) is 1. The quantitative estimate of drug-likeness (QED) is 0.573. The standard InChI is InChI=1S/C20H22N4O/c1-24(2)20(21-13-16-9-5-3-6-10-16)22-14-18-15-25-19(23-18)17-11-7-4-8-12-17/h3-12,15H,13-14H2,1-2H3,(H,21,22). The Balaban J connectivity index is 1.63. The summed E-state index contributed by atoms with van der Waals surface area (Å²) in [5.41, 5.74) is 2.99. The summed E-state index contributed by atoms with van der Waals surface area (Å²) in [6, 6.07) is 20.1. The van der Waals surface area contributed by atoms with E-state index in [4.69, 9.17) is 4.42 Å². The summed E-state index contributed by atoms with van der Waals surface area (Å²) in [5, 5.41) is 3.32. The van der Waals surface area contributed by atoms with Crippen molar-refractivity contribution < 1.29 is 4.42 Å². The van der Waals surface area contributed by atoms with Crippen molar-refractivity contribution in [2.45, 2.75) is 13.1 Å². The van der Waals surface area contributed by atoms with Gasteiger partial charge in [-0.05, 0) is 17.7 Å². The van der Waals surface area contributed by atoms with E-state index in [-0.39, 0.29) is 0 Å². The number of benzene rings is 2. The smallest absolute Gasteiger partial charge is 0.226 e. The summed E-state index contributed by atoms with van der Waals surface area (Å²) in [6.45, 7) is 1.19. The molecule has 0 aliphatic heterocycles. The molecule has 1 heterocycles. The van der Waals surface area contributed by atoms with Crippen LogP contribution in [0.1, 0.15) is 11.3 Å². The normalized spacial score (nSPS) is 11.4. The van der Waals surface area contributed by atoms with Gasteiger partial charge in [-0.2, -0.15) is 0 Å². The Labute approximate surface area is 148 Å². The maximum atomic E-state index is 5.57. The average molecular weight is 334 g/mol. The second-order valence-corrected chi connectivity index (χ2v) is 5.88. The molecule has 0 atom stereocenters. The van der Waals surface area contributed by atoms with Gasteiger partial charge < -0.3 is 14.6 Å². The zero-order valence-electron chi connectivity index (χ0n) is 14.5. The molecular weight excluding hydrogens is 312 g/mol. The predicted molar refractivity (Wildman–Crippen MR) is 100 cm³/mol. The molecule has 0 saturated carbocycles. The van der Waals surface area contributed by atoms with E-state index in [9.17, 15) is 0 Å². The summed E-state index contributed by atoms with van der Waals surface area (Å²) in [7, 11) is 3.93. The maximum absolute atomic E-state index is 5.57. The van der Waals surface area contributed by atoms with Gasteiger partial charge in [-0.3, -0.25) is 0 Å². The van der Waals surface area contributed by atoms with Crippen LogP contribution >= 0.6 is 0 Å².